The second-order valence-electron chi connectivity index (χ2n) is 5.12. The van der Waals surface area contributed by atoms with Gasteiger partial charge in [0.25, 0.3) is 5.91 Å². The average Bonchev–Trinajstić information content (AvgIpc) is 2.92. The van der Waals surface area contributed by atoms with Gasteiger partial charge < -0.3 is 14.8 Å². The average molecular weight is 327 g/mol. The van der Waals surface area contributed by atoms with Gasteiger partial charge in [-0.3, -0.25) is 4.79 Å². The fraction of sp³-hybridized carbons (Fsp3) is 0.111. The number of esters is 1. The van der Waals surface area contributed by atoms with E-state index in [2.05, 4.69) is 10.1 Å². The third-order valence-electron chi connectivity index (χ3n) is 3.72. The van der Waals surface area contributed by atoms with E-state index >= 15 is 0 Å². The van der Waals surface area contributed by atoms with Gasteiger partial charge in [-0.15, -0.1) is 0 Å². The molecule has 1 aliphatic heterocycles. The molecule has 0 fully saturated rings. The molecule has 122 valence electrons. The lowest BCUT2D eigenvalue weighted by Gasteiger charge is -2.10. The van der Waals surface area contributed by atoms with Gasteiger partial charge >= 0.3 is 5.97 Å². The number of anilines is 1. The van der Waals surface area contributed by atoms with E-state index in [-0.39, 0.29) is 11.7 Å². The van der Waals surface area contributed by atoms with Crippen LogP contribution in [0.1, 0.15) is 21.5 Å². The maximum Gasteiger partial charge on any atom is 0.337 e. The van der Waals surface area contributed by atoms with Crippen molar-refractivity contribution in [3.8, 4) is 0 Å². The molecule has 0 unspecified atom stereocenters. The molecule has 0 aliphatic carbocycles. The van der Waals surface area contributed by atoms with E-state index in [9.17, 15) is 14.0 Å². The number of hydrogen-bond donors (Lipinski definition) is 1. The highest BCUT2D eigenvalue weighted by Crippen LogP contribution is 2.37. The lowest BCUT2D eigenvalue weighted by molar-refractivity contribution is -0.110. The summed E-state index contributed by atoms with van der Waals surface area (Å²) < 4.78 is 23.2. The van der Waals surface area contributed by atoms with Crippen molar-refractivity contribution in [3.05, 3.63) is 65.0 Å². The summed E-state index contributed by atoms with van der Waals surface area (Å²) in [5.74, 6) is -0.890. The molecule has 0 aromatic heterocycles. The van der Waals surface area contributed by atoms with Gasteiger partial charge in [-0.2, -0.15) is 0 Å². The van der Waals surface area contributed by atoms with Crippen LogP contribution in [0.2, 0.25) is 0 Å². The largest absolute Gasteiger partial charge is 0.495 e. The molecule has 2 aromatic rings. The summed E-state index contributed by atoms with van der Waals surface area (Å²) in [7, 11) is 2.73. The SMILES string of the molecule is COC(=O)c1ccc2c(c1)NC(=O)/C2=C(\OC)c1ccc(F)cc1. The van der Waals surface area contributed by atoms with E-state index in [1.165, 1.54) is 38.5 Å². The molecule has 5 nitrogen and oxygen atoms in total. The van der Waals surface area contributed by atoms with Gasteiger partial charge in [0.1, 0.15) is 11.6 Å². The molecule has 0 atom stereocenters. The molecule has 6 heteroatoms. The summed E-state index contributed by atoms with van der Waals surface area (Å²) in [6.07, 6.45) is 0. The van der Waals surface area contributed by atoms with Crippen LogP contribution in [-0.4, -0.2) is 26.1 Å². The van der Waals surface area contributed by atoms with Crippen LogP contribution in [0.25, 0.3) is 11.3 Å². The number of benzene rings is 2. The number of carbonyl (C=O) groups is 2. The van der Waals surface area contributed by atoms with E-state index in [1.807, 2.05) is 0 Å². The molecular formula is C18H14FNO4. The Morgan fingerprint density at radius 1 is 1.00 bits per heavy atom. The number of ether oxygens (including phenoxy) is 2. The van der Waals surface area contributed by atoms with Gasteiger partial charge in [-0.25, -0.2) is 9.18 Å². The van der Waals surface area contributed by atoms with Crippen molar-refractivity contribution in [2.45, 2.75) is 0 Å². The molecule has 0 radical (unpaired) electrons. The Balaban J connectivity index is 2.14. The smallest absolute Gasteiger partial charge is 0.337 e. The maximum absolute atomic E-state index is 13.1. The Bertz CT molecular complexity index is 856. The molecule has 0 saturated carbocycles. The predicted octanol–water partition coefficient (Wildman–Crippen LogP) is 3.08. The van der Waals surface area contributed by atoms with Crippen molar-refractivity contribution < 1.29 is 23.5 Å². The standard InChI is InChI=1S/C18H14FNO4/c1-23-16(10-3-6-12(19)7-4-10)15-13-8-5-11(18(22)24-2)9-14(13)20-17(15)21/h3-9H,1-2H3,(H,20,21)/b16-15-. The molecule has 24 heavy (non-hydrogen) atoms. The monoisotopic (exact) mass is 327 g/mol. The highest BCUT2D eigenvalue weighted by Gasteiger charge is 2.29. The van der Waals surface area contributed by atoms with Crippen molar-refractivity contribution in [3.63, 3.8) is 0 Å². The number of fused-ring (bicyclic) bond motifs is 1. The quantitative estimate of drug-likeness (QED) is 0.534. The summed E-state index contributed by atoms with van der Waals surface area (Å²) in [5.41, 5.74) is 2.34. The van der Waals surface area contributed by atoms with Crippen LogP contribution < -0.4 is 5.32 Å². The minimum atomic E-state index is -0.491. The number of hydrogen-bond acceptors (Lipinski definition) is 4. The first kappa shape index (κ1) is 15.7. The van der Waals surface area contributed by atoms with Gasteiger partial charge in [0, 0.05) is 11.1 Å². The van der Waals surface area contributed by atoms with E-state index in [0.29, 0.717) is 33.7 Å². The number of halogens is 1. The number of methoxy groups -OCH3 is 2. The molecule has 1 amide bonds. The Hall–Kier alpha value is -3.15. The Morgan fingerprint density at radius 2 is 1.67 bits per heavy atom. The normalized spacial score (nSPS) is 14.7. The van der Waals surface area contributed by atoms with Crippen molar-refractivity contribution in [2.24, 2.45) is 0 Å². The number of carbonyl (C=O) groups excluding carboxylic acids is 2. The predicted molar refractivity (Wildman–Crippen MR) is 86.6 cm³/mol. The maximum atomic E-state index is 13.1. The number of nitrogens with one attached hydrogen (secondary N) is 1. The summed E-state index contributed by atoms with van der Waals surface area (Å²) in [6, 6.07) is 10.4. The molecule has 0 spiro atoms. The minimum absolute atomic E-state index is 0.329. The third-order valence-corrected chi connectivity index (χ3v) is 3.72. The Labute approximate surface area is 137 Å². The van der Waals surface area contributed by atoms with Crippen molar-refractivity contribution in [1.82, 2.24) is 0 Å². The van der Waals surface area contributed by atoms with Gasteiger partial charge in [-0.05, 0) is 36.4 Å². The summed E-state index contributed by atoms with van der Waals surface area (Å²) in [4.78, 5) is 24.0. The lowest BCUT2D eigenvalue weighted by atomic mass is 10.0. The van der Waals surface area contributed by atoms with Crippen LogP contribution in [0.5, 0.6) is 0 Å². The summed E-state index contributed by atoms with van der Waals surface area (Å²) >= 11 is 0. The van der Waals surface area contributed by atoms with E-state index < -0.39 is 5.97 Å². The van der Waals surface area contributed by atoms with E-state index in [1.54, 1.807) is 18.2 Å². The van der Waals surface area contributed by atoms with Crippen molar-refractivity contribution >= 4 is 28.9 Å². The fourth-order valence-corrected chi connectivity index (χ4v) is 2.61. The topological polar surface area (TPSA) is 64.6 Å². The first-order chi connectivity index (χ1) is 11.5. The fourth-order valence-electron chi connectivity index (χ4n) is 2.61. The molecule has 1 aliphatic rings. The van der Waals surface area contributed by atoms with Crippen molar-refractivity contribution in [1.29, 1.82) is 0 Å². The van der Waals surface area contributed by atoms with Crippen LogP contribution in [0.4, 0.5) is 10.1 Å². The van der Waals surface area contributed by atoms with Crippen molar-refractivity contribution in [2.75, 3.05) is 19.5 Å². The van der Waals surface area contributed by atoms with Crippen LogP contribution in [-0.2, 0) is 14.3 Å². The molecule has 0 saturated heterocycles. The Morgan fingerprint density at radius 3 is 2.29 bits per heavy atom. The first-order valence-corrected chi connectivity index (χ1v) is 7.13. The van der Waals surface area contributed by atoms with Gasteiger partial charge in [-0.1, -0.05) is 6.07 Å². The van der Waals surface area contributed by atoms with Gasteiger partial charge in [0.15, 0.2) is 0 Å². The zero-order valence-corrected chi connectivity index (χ0v) is 13.1. The van der Waals surface area contributed by atoms with E-state index in [0.717, 1.165) is 0 Å². The molecule has 3 rings (SSSR count). The Kier molecular flexibility index (Phi) is 4.04. The molecule has 2 aromatic carbocycles. The third kappa shape index (κ3) is 2.62. The molecule has 1 N–H and O–H groups in total. The van der Waals surface area contributed by atoms with Crippen LogP contribution in [0.3, 0.4) is 0 Å². The molecule has 1 heterocycles. The zero-order chi connectivity index (χ0) is 17.3. The van der Waals surface area contributed by atoms with Crippen LogP contribution in [0.15, 0.2) is 42.5 Å². The highest BCUT2D eigenvalue weighted by atomic mass is 19.1. The summed E-state index contributed by atoms with van der Waals surface area (Å²) in [5, 5.41) is 2.70. The van der Waals surface area contributed by atoms with Gasteiger partial charge in [0.05, 0.1) is 31.0 Å². The first-order valence-electron chi connectivity index (χ1n) is 7.13. The number of rotatable bonds is 3. The second kappa shape index (κ2) is 6.16. The highest BCUT2D eigenvalue weighted by molar-refractivity contribution is 6.36. The zero-order valence-electron chi connectivity index (χ0n) is 13.1. The second-order valence-corrected chi connectivity index (χ2v) is 5.12. The number of amides is 1. The van der Waals surface area contributed by atoms with Crippen LogP contribution >= 0.6 is 0 Å². The lowest BCUT2D eigenvalue weighted by Crippen LogP contribution is -2.07. The van der Waals surface area contributed by atoms with Gasteiger partial charge in [0.2, 0.25) is 0 Å². The summed E-state index contributed by atoms with van der Waals surface area (Å²) in [6.45, 7) is 0. The molecule has 0 bridgehead atoms. The molecular weight excluding hydrogens is 313 g/mol. The minimum Gasteiger partial charge on any atom is -0.495 e. The van der Waals surface area contributed by atoms with Crippen LogP contribution in [0, 0.1) is 5.82 Å². The van der Waals surface area contributed by atoms with E-state index in [4.69, 9.17) is 4.74 Å².